The molecule has 0 fully saturated rings. The number of unbranched alkanes of at least 4 members (excludes halogenated alkanes) is 1. The summed E-state index contributed by atoms with van der Waals surface area (Å²) in [6.45, 7) is 6.54. The van der Waals surface area contributed by atoms with E-state index in [1.54, 1.807) is 6.08 Å². The average molecular weight is 487 g/mol. The first kappa shape index (κ1) is 29.7. The van der Waals surface area contributed by atoms with Gasteiger partial charge in [-0.05, 0) is 25.2 Å². The second-order valence-electron chi connectivity index (χ2n) is 8.57. The fourth-order valence-corrected chi connectivity index (χ4v) is 4.82. The minimum atomic E-state index is -0.700. The lowest BCUT2D eigenvalue weighted by molar-refractivity contribution is -0.146. The van der Waals surface area contributed by atoms with E-state index >= 15 is 0 Å². The Hall–Kier alpha value is -1.35. The number of hydrogen-bond acceptors (Lipinski definition) is 8. The van der Waals surface area contributed by atoms with Crippen LogP contribution >= 0.6 is 11.8 Å². The molecule has 0 bridgehead atoms. The Balaban J connectivity index is 2.75. The van der Waals surface area contributed by atoms with Gasteiger partial charge in [0.15, 0.2) is 0 Å². The number of carbonyl (C=O) groups is 2. The first-order valence-corrected chi connectivity index (χ1v) is 13.1. The van der Waals surface area contributed by atoms with Crippen molar-refractivity contribution in [2.24, 2.45) is 11.8 Å². The molecule has 0 saturated heterocycles. The van der Waals surface area contributed by atoms with E-state index in [1.165, 1.54) is 18.9 Å². The number of aliphatic hydroxyl groups is 2. The van der Waals surface area contributed by atoms with E-state index in [2.05, 4.69) is 18.6 Å². The van der Waals surface area contributed by atoms with Crippen LogP contribution in [-0.2, 0) is 23.8 Å². The minimum absolute atomic E-state index is 0.0810. The summed E-state index contributed by atoms with van der Waals surface area (Å²) in [6.07, 6.45) is 8.37. The Morgan fingerprint density at radius 2 is 1.97 bits per heavy atom. The maximum atomic E-state index is 12.1. The van der Waals surface area contributed by atoms with Gasteiger partial charge < -0.3 is 24.4 Å². The van der Waals surface area contributed by atoms with E-state index < -0.39 is 18.2 Å². The number of carbonyl (C=O) groups excluding carboxylic acids is 2. The second kappa shape index (κ2) is 17.1. The number of methoxy groups -OCH3 is 1. The standard InChI is InChI=1S/C25H42O7S/c1-5-7-10-18(3)15-19(26)11-12-20-21(27)16-22(32-23(28)9-6-2)25(20)33-14-8-13-31-17-24(29)30-4/h11-12,18-21,26-27H,5-10,13-17H2,1-4H3/b12-11+/t18-,19-,20+,21-/m1/s1. The molecule has 0 amide bonds. The molecule has 0 spiro atoms. The summed E-state index contributed by atoms with van der Waals surface area (Å²) < 4.78 is 15.4. The zero-order valence-corrected chi connectivity index (χ0v) is 21.4. The number of thioether (sulfide) groups is 1. The van der Waals surface area contributed by atoms with E-state index in [4.69, 9.17) is 9.47 Å². The van der Waals surface area contributed by atoms with E-state index in [0.717, 1.165) is 24.2 Å². The van der Waals surface area contributed by atoms with Crippen LogP contribution < -0.4 is 0 Å². The molecule has 4 atom stereocenters. The molecular formula is C25H42O7S. The lowest BCUT2D eigenvalue weighted by Crippen LogP contribution is -2.15. The lowest BCUT2D eigenvalue weighted by Gasteiger charge is -2.17. The quantitative estimate of drug-likeness (QED) is 0.178. The van der Waals surface area contributed by atoms with Crippen LogP contribution in [-0.4, -0.2) is 60.4 Å². The SMILES string of the molecule is CCCC[C@@H](C)C[C@H](O)/C=C/[C@@H]1C(SCCCOCC(=O)OC)=C(OC(=O)CCC)C[C@H]1O. The highest BCUT2D eigenvalue weighted by atomic mass is 32.2. The highest BCUT2D eigenvalue weighted by Crippen LogP contribution is 2.41. The third-order valence-electron chi connectivity index (χ3n) is 5.45. The summed E-state index contributed by atoms with van der Waals surface area (Å²) in [5.74, 6) is 0.589. The van der Waals surface area contributed by atoms with Crippen LogP contribution in [0.4, 0.5) is 0 Å². The Kier molecular flexibility index (Phi) is 15.4. The van der Waals surface area contributed by atoms with Crippen molar-refractivity contribution in [1.82, 2.24) is 0 Å². The lowest BCUT2D eigenvalue weighted by atomic mass is 9.96. The van der Waals surface area contributed by atoms with Crippen molar-refractivity contribution >= 4 is 23.7 Å². The maximum absolute atomic E-state index is 12.1. The molecule has 1 rings (SSSR count). The first-order valence-electron chi connectivity index (χ1n) is 12.1. The van der Waals surface area contributed by atoms with Crippen LogP contribution in [0.15, 0.2) is 22.8 Å². The second-order valence-corrected chi connectivity index (χ2v) is 9.71. The summed E-state index contributed by atoms with van der Waals surface area (Å²) in [6, 6.07) is 0. The van der Waals surface area contributed by atoms with Crippen molar-refractivity contribution in [2.45, 2.75) is 84.3 Å². The van der Waals surface area contributed by atoms with Gasteiger partial charge in [-0.2, -0.15) is 0 Å². The number of ether oxygens (including phenoxy) is 3. The molecule has 0 heterocycles. The molecule has 0 saturated carbocycles. The van der Waals surface area contributed by atoms with Crippen LogP contribution in [0.3, 0.4) is 0 Å². The fourth-order valence-electron chi connectivity index (χ4n) is 3.62. The molecule has 1 aliphatic rings. The molecule has 190 valence electrons. The van der Waals surface area contributed by atoms with Crippen LogP contribution in [0.1, 0.15) is 72.1 Å². The van der Waals surface area contributed by atoms with Gasteiger partial charge in [-0.25, -0.2) is 4.79 Å². The zero-order valence-electron chi connectivity index (χ0n) is 20.6. The number of rotatable bonds is 17. The van der Waals surface area contributed by atoms with E-state index in [-0.39, 0.29) is 24.9 Å². The summed E-state index contributed by atoms with van der Waals surface area (Å²) in [4.78, 5) is 24.0. The van der Waals surface area contributed by atoms with Crippen molar-refractivity contribution in [3.63, 3.8) is 0 Å². The molecule has 8 heteroatoms. The largest absolute Gasteiger partial charge is 0.467 e. The van der Waals surface area contributed by atoms with Crippen molar-refractivity contribution in [3.05, 3.63) is 22.8 Å². The van der Waals surface area contributed by atoms with E-state index in [9.17, 15) is 19.8 Å². The topological polar surface area (TPSA) is 102 Å². The normalized spacial score (nSPS) is 20.3. The summed E-state index contributed by atoms with van der Waals surface area (Å²) in [5.41, 5.74) is 0. The highest BCUT2D eigenvalue weighted by molar-refractivity contribution is 8.03. The number of hydrogen-bond donors (Lipinski definition) is 2. The molecule has 0 aromatic heterocycles. The average Bonchev–Trinajstić information content (AvgIpc) is 3.06. The maximum Gasteiger partial charge on any atom is 0.331 e. The molecule has 1 aliphatic carbocycles. The Labute approximate surface area is 202 Å². The molecule has 0 aliphatic heterocycles. The Morgan fingerprint density at radius 3 is 2.64 bits per heavy atom. The van der Waals surface area contributed by atoms with Crippen molar-refractivity contribution in [3.8, 4) is 0 Å². The first-order chi connectivity index (χ1) is 15.8. The minimum Gasteiger partial charge on any atom is -0.467 e. The summed E-state index contributed by atoms with van der Waals surface area (Å²) in [5, 5.41) is 21.1. The van der Waals surface area contributed by atoms with E-state index in [1.807, 2.05) is 13.0 Å². The van der Waals surface area contributed by atoms with Gasteiger partial charge in [-0.1, -0.05) is 52.2 Å². The molecule has 33 heavy (non-hydrogen) atoms. The van der Waals surface area contributed by atoms with Gasteiger partial charge in [0.25, 0.3) is 0 Å². The molecule has 0 radical (unpaired) electrons. The van der Waals surface area contributed by atoms with Crippen LogP contribution in [0, 0.1) is 11.8 Å². The zero-order chi connectivity index (χ0) is 24.6. The third kappa shape index (κ3) is 12.1. The predicted molar refractivity (Wildman–Crippen MR) is 131 cm³/mol. The molecule has 0 unspecified atom stereocenters. The van der Waals surface area contributed by atoms with Gasteiger partial charge in [0.2, 0.25) is 0 Å². The van der Waals surface area contributed by atoms with Gasteiger partial charge in [0.05, 0.1) is 19.3 Å². The summed E-state index contributed by atoms with van der Waals surface area (Å²) >= 11 is 1.52. The van der Waals surface area contributed by atoms with Crippen molar-refractivity contribution in [1.29, 1.82) is 0 Å². The Morgan fingerprint density at radius 1 is 1.21 bits per heavy atom. The monoisotopic (exact) mass is 486 g/mol. The van der Waals surface area contributed by atoms with Gasteiger partial charge >= 0.3 is 11.9 Å². The fraction of sp³-hybridized carbons (Fsp3) is 0.760. The molecule has 0 aromatic rings. The van der Waals surface area contributed by atoms with Gasteiger partial charge in [0, 0.05) is 36.0 Å². The molecular weight excluding hydrogens is 444 g/mol. The van der Waals surface area contributed by atoms with Gasteiger partial charge in [0.1, 0.15) is 12.4 Å². The Bertz CT molecular complexity index is 647. The molecule has 2 N–H and O–H groups in total. The third-order valence-corrected chi connectivity index (χ3v) is 6.75. The van der Waals surface area contributed by atoms with Crippen LogP contribution in [0.2, 0.25) is 0 Å². The van der Waals surface area contributed by atoms with Crippen molar-refractivity contribution in [2.75, 3.05) is 26.1 Å². The van der Waals surface area contributed by atoms with Gasteiger partial charge in [-0.15, -0.1) is 11.8 Å². The van der Waals surface area contributed by atoms with Crippen molar-refractivity contribution < 1.29 is 34.0 Å². The molecule has 0 aromatic carbocycles. The smallest absolute Gasteiger partial charge is 0.331 e. The molecule has 7 nitrogen and oxygen atoms in total. The van der Waals surface area contributed by atoms with Crippen LogP contribution in [0.25, 0.3) is 0 Å². The van der Waals surface area contributed by atoms with Gasteiger partial charge in [-0.3, -0.25) is 4.79 Å². The summed E-state index contributed by atoms with van der Waals surface area (Å²) in [7, 11) is 1.32. The highest BCUT2D eigenvalue weighted by Gasteiger charge is 2.34. The van der Waals surface area contributed by atoms with E-state index in [0.29, 0.717) is 49.7 Å². The number of aliphatic hydroxyl groups excluding tert-OH is 2. The van der Waals surface area contributed by atoms with Crippen LogP contribution in [0.5, 0.6) is 0 Å². The number of esters is 2. The predicted octanol–water partition coefficient (Wildman–Crippen LogP) is 4.37.